The van der Waals surface area contributed by atoms with Gasteiger partial charge in [-0.15, -0.1) is 0 Å². The molecule has 0 aliphatic heterocycles. The molecule has 92 valence electrons. The quantitative estimate of drug-likeness (QED) is 0.703. The van der Waals surface area contributed by atoms with E-state index in [9.17, 15) is 9.59 Å². The Morgan fingerprint density at radius 2 is 2.24 bits per heavy atom. The van der Waals surface area contributed by atoms with E-state index in [1.54, 1.807) is 0 Å². The van der Waals surface area contributed by atoms with E-state index in [-0.39, 0.29) is 11.6 Å². The van der Waals surface area contributed by atoms with E-state index in [1.807, 2.05) is 6.92 Å². The van der Waals surface area contributed by atoms with Crippen molar-refractivity contribution in [3.63, 3.8) is 0 Å². The van der Waals surface area contributed by atoms with Crippen LogP contribution in [0.4, 0.5) is 5.69 Å². The number of hydrogen-bond acceptors (Lipinski definition) is 4. The van der Waals surface area contributed by atoms with E-state index in [0.29, 0.717) is 12.1 Å². The molecule has 1 heterocycles. The van der Waals surface area contributed by atoms with Gasteiger partial charge in [0.05, 0.1) is 17.9 Å². The van der Waals surface area contributed by atoms with E-state index in [1.165, 1.54) is 18.3 Å². The molecule has 0 saturated carbocycles. The number of carboxylic acid groups (broad SMARTS) is 1. The van der Waals surface area contributed by atoms with Gasteiger partial charge < -0.3 is 16.2 Å². The summed E-state index contributed by atoms with van der Waals surface area (Å²) in [6, 6.07) is 2.25. The molecule has 0 saturated heterocycles. The first-order valence-electron chi connectivity index (χ1n) is 5.30. The smallest absolute Gasteiger partial charge is 0.354 e. The van der Waals surface area contributed by atoms with Crippen molar-refractivity contribution >= 4 is 17.6 Å². The van der Waals surface area contributed by atoms with Crippen LogP contribution in [0, 0.1) is 0 Å². The highest BCUT2D eigenvalue weighted by molar-refractivity contribution is 5.94. The van der Waals surface area contributed by atoms with Gasteiger partial charge in [0.1, 0.15) is 5.69 Å². The second-order valence-electron chi connectivity index (χ2n) is 3.62. The zero-order valence-electron chi connectivity index (χ0n) is 9.51. The molecule has 1 amide bonds. The first kappa shape index (κ1) is 13.1. The monoisotopic (exact) mass is 237 g/mol. The van der Waals surface area contributed by atoms with Crippen LogP contribution in [0.15, 0.2) is 18.3 Å². The number of carboxylic acids is 1. The number of nitrogens with zero attached hydrogens (tertiary/aromatic N) is 1. The molecule has 17 heavy (non-hydrogen) atoms. The summed E-state index contributed by atoms with van der Waals surface area (Å²) in [4.78, 5) is 25.8. The van der Waals surface area contributed by atoms with Crippen molar-refractivity contribution in [2.75, 3.05) is 5.32 Å². The molecule has 0 aliphatic rings. The molecular formula is C11H15N3O3. The number of rotatable bonds is 5. The number of amides is 1. The van der Waals surface area contributed by atoms with E-state index < -0.39 is 12.0 Å². The lowest BCUT2D eigenvalue weighted by Crippen LogP contribution is -2.35. The molecule has 0 aliphatic carbocycles. The van der Waals surface area contributed by atoms with Crippen molar-refractivity contribution in [2.24, 2.45) is 5.73 Å². The fourth-order valence-corrected chi connectivity index (χ4v) is 1.27. The summed E-state index contributed by atoms with van der Waals surface area (Å²) in [5, 5.41) is 11.2. The molecule has 1 aromatic heterocycles. The number of carbonyl (C=O) groups is 2. The third-order valence-electron chi connectivity index (χ3n) is 2.19. The third kappa shape index (κ3) is 3.84. The summed E-state index contributed by atoms with van der Waals surface area (Å²) in [5.74, 6) is -1.40. The Morgan fingerprint density at radius 1 is 1.53 bits per heavy atom. The largest absolute Gasteiger partial charge is 0.477 e. The fraction of sp³-hybridized carbons (Fsp3) is 0.364. The Balaban J connectivity index is 2.63. The molecule has 0 fully saturated rings. The maximum absolute atomic E-state index is 11.5. The molecule has 0 aromatic carbocycles. The van der Waals surface area contributed by atoms with Crippen LogP contribution in [0.3, 0.4) is 0 Å². The number of hydrogen-bond donors (Lipinski definition) is 3. The molecule has 0 unspecified atom stereocenters. The molecule has 4 N–H and O–H groups in total. The third-order valence-corrected chi connectivity index (χ3v) is 2.19. The van der Waals surface area contributed by atoms with E-state index in [4.69, 9.17) is 10.8 Å². The summed E-state index contributed by atoms with van der Waals surface area (Å²) < 4.78 is 0. The molecule has 6 nitrogen and oxygen atoms in total. The van der Waals surface area contributed by atoms with Gasteiger partial charge in [0, 0.05) is 0 Å². The Bertz CT molecular complexity index is 403. The second kappa shape index (κ2) is 5.95. The van der Waals surface area contributed by atoms with Crippen molar-refractivity contribution < 1.29 is 14.7 Å². The summed E-state index contributed by atoms with van der Waals surface area (Å²) in [6.07, 6.45) is 2.72. The van der Waals surface area contributed by atoms with Crippen LogP contribution < -0.4 is 11.1 Å². The molecule has 0 spiro atoms. The highest BCUT2D eigenvalue weighted by Gasteiger charge is 2.12. The molecular weight excluding hydrogens is 222 g/mol. The molecule has 1 atom stereocenters. The highest BCUT2D eigenvalue weighted by Crippen LogP contribution is 2.07. The van der Waals surface area contributed by atoms with Crippen LogP contribution in [0.1, 0.15) is 30.3 Å². The number of carbonyl (C=O) groups excluding carboxylic acids is 1. The topological polar surface area (TPSA) is 105 Å². The number of aromatic nitrogens is 1. The van der Waals surface area contributed by atoms with Gasteiger partial charge in [-0.05, 0) is 18.6 Å². The number of pyridine rings is 1. The summed E-state index contributed by atoms with van der Waals surface area (Å²) in [5.41, 5.74) is 6.00. The van der Waals surface area contributed by atoms with E-state index >= 15 is 0 Å². The van der Waals surface area contributed by atoms with Crippen molar-refractivity contribution in [3.8, 4) is 0 Å². The average Bonchev–Trinajstić information content (AvgIpc) is 2.30. The summed E-state index contributed by atoms with van der Waals surface area (Å²) >= 11 is 0. The van der Waals surface area contributed by atoms with Gasteiger partial charge >= 0.3 is 5.97 Å². The summed E-state index contributed by atoms with van der Waals surface area (Å²) in [7, 11) is 0. The van der Waals surface area contributed by atoms with Crippen LogP contribution in [0.5, 0.6) is 0 Å². The molecule has 0 bridgehead atoms. The fourth-order valence-electron chi connectivity index (χ4n) is 1.27. The van der Waals surface area contributed by atoms with E-state index in [2.05, 4.69) is 10.3 Å². The van der Waals surface area contributed by atoms with Crippen molar-refractivity contribution in [3.05, 3.63) is 24.0 Å². The van der Waals surface area contributed by atoms with Crippen molar-refractivity contribution in [2.45, 2.75) is 25.8 Å². The van der Waals surface area contributed by atoms with Crippen molar-refractivity contribution in [1.29, 1.82) is 0 Å². The van der Waals surface area contributed by atoms with Gasteiger partial charge in [0.25, 0.3) is 0 Å². The Morgan fingerprint density at radius 3 is 2.71 bits per heavy atom. The van der Waals surface area contributed by atoms with Gasteiger partial charge in [0.2, 0.25) is 5.91 Å². The minimum Gasteiger partial charge on any atom is -0.477 e. The minimum atomic E-state index is -1.11. The van der Waals surface area contributed by atoms with Crippen LogP contribution in [0.25, 0.3) is 0 Å². The zero-order chi connectivity index (χ0) is 12.8. The van der Waals surface area contributed by atoms with Crippen molar-refractivity contribution in [1.82, 2.24) is 4.98 Å². The lowest BCUT2D eigenvalue weighted by Gasteiger charge is -2.10. The van der Waals surface area contributed by atoms with Crippen LogP contribution in [-0.2, 0) is 4.79 Å². The number of nitrogens with two attached hydrogens (primary N) is 1. The van der Waals surface area contributed by atoms with Crippen LogP contribution in [-0.4, -0.2) is 28.0 Å². The van der Waals surface area contributed by atoms with Gasteiger partial charge in [-0.2, -0.15) is 0 Å². The number of nitrogens with one attached hydrogen (secondary N) is 1. The maximum Gasteiger partial charge on any atom is 0.354 e. The molecule has 0 radical (unpaired) electrons. The Labute approximate surface area is 98.8 Å². The Hall–Kier alpha value is -1.95. The van der Waals surface area contributed by atoms with Gasteiger partial charge in [-0.1, -0.05) is 13.3 Å². The van der Waals surface area contributed by atoms with E-state index in [0.717, 1.165) is 6.42 Å². The maximum atomic E-state index is 11.5. The average molecular weight is 237 g/mol. The predicted molar refractivity (Wildman–Crippen MR) is 62.7 cm³/mol. The lowest BCUT2D eigenvalue weighted by atomic mass is 10.1. The van der Waals surface area contributed by atoms with Gasteiger partial charge in [-0.25, -0.2) is 9.78 Å². The SMILES string of the molecule is CCC[C@@H](N)C(=O)Nc1ccc(C(=O)O)nc1. The molecule has 1 rings (SSSR count). The molecule has 6 heteroatoms. The minimum absolute atomic E-state index is 0.0687. The predicted octanol–water partition coefficient (Wildman–Crippen LogP) is 0.846. The second-order valence-corrected chi connectivity index (χ2v) is 3.62. The van der Waals surface area contributed by atoms with Crippen LogP contribution in [0.2, 0.25) is 0 Å². The lowest BCUT2D eigenvalue weighted by molar-refractivity contribution is -0.117. The molecule has 1 aromatic rings. The zero-order valence-corrected chi connectivity index (χ0v) is 9.51. The Kier molecular flexibility index (Phi) is 4.59. The number of aromatic carboxylic acids is 1. The highest BCUT2D eigenvalue weighted by atomic mass is 16.4. The number of anilines is 1. The van der Waals surface area contributed by atoms with Gasteiger partial charge in [0.15, 0.2) is 0 Å². The standard InChI is InChI=1S/C11H15N3O3/c1-2-3-8(12)10(15)14-7-4-5-9(11(16)17)13-6-7/h4-6,8H,2-3,12H2,1H3,(H,14,15)(H,16,17)/t8-/m1/s1. The van der Waals surface area contributed by atoms with Gasteiger partial charge in [-0.3, -0.25) is 4.79 Å². The normalized spacial score (nSPS) is 11.9. The summed E-state index contributed by atoms with van der Waals surface area (Å²) in [6.45, 7) is 1.94. The first-order valence-corrected chi connectivity index (χ1v) is 5.30. The van der Waals surface area contributed by atoms with Crippen LogP contribution >= 0.6 is 0 Å². The first-order chi connectivity index (χ1) is 8.04.